The normalized spacial score (nSPS) is 20.6. The number of H-pyrrole nitrogens is 2. The lowest BCUT2D eigenvalue weighted by atomic mass is 9.79. The largest absolute Gasteiger partial charge is 0.479 e. The number of aromatic nitrogens is 2. The van der Waals surface area contributed by atoms with Crippen molar-refractivity contribution in [3.05, 3.63) is 80.0 Å². The Morgan fingerprint density at radius 2 is 1.03 bits per heavy atom. The van der Waals surface area contributed by atoms with Gasteiger partial charge in [0.1, 0.15) is 0 Å². The third-order valence-corrected chi connectivity index (χ3v) is 14.5. The topological polar surface area (TPSA) is 194 Å². The van der Waals surface area contributed by atoms with E-state index < -0.39 is 24.1 Å². The summed E-state index contributed by atoms with van der Waals surface area (Å²) in [7, 11) is 0. The fraction of sp³-hybridized carbons (Fsp3) is 0.500. The number of fused-ring (bicyclic) bond motifs is 4. The van der Waals surface area contributed by atoms with Gasteiger partial charge in [-0.2, -0.15) is 0 Å². The third-order valence-electron chi connectivity index (χ3n) is 13.1. The van der Waals surface area contributed by atoms with Gasteiger partial charge in [-0.05, 0) is 131 Å². The van der Waals surface area contributed by atoms with Crippen molar-refractivity contribution in [2.24, 2.45) is 11.8 Å². The Morgan fingerprint density at radius 1 is 0.667 bits per heavy atom. The van der Waals surface area contributed by atoms with E-state index in [0.717, 1.165) is 33.1 Å². The van der Waals surface area contributed by atoms with Crippen LogP contribution in [0, 0.1) is 11.8 Å². The maximum atomic E-state index is 13.1. The summed E-state index contributed by atoms with van der Waals surface area (Å²) in [5.74, 6) is -3.54. The highest BCUT2D eigenvalue weighted by Gasteiger charge is 2.40. The van der Waals surface area contributed by atoms with Crippen molar-refractivity contribution >= 4 is 88.6 Å². The number of nitrogens with one attached hydrogen (secondary N) is 2. The van der Waals surface area contributed by atoms with Crippen LogP contribution in [0.2, 0.25) is 0 Å². The van der Waals surface area contributed by atoms with E-state index in [1.54, 1.807) is 0 Å². The first-order valence-corrected chi connectivity index (χ1v) is 24.2. The van der Waals surface area contributed by atoms with Crippen LogP contribution in [-0.2, 0) is 32.0 Å². The fourth-order valence-corrected chi connectivity index (χ4v) is 11.0. The van der Waals surface area contributed by atoms with Gasteiger partial charge in [-0.1, -0.05) is 36.4 Å². The summed E-state index contributed by atoms with van der Waals surface area (Å²) < 4.78 is 28.0. The Morgan fingerprint density at radius 3 is 1.35 bits per heavy atom. The highest BCUT2D eigenvalue weighted by molar-refractivity contribution is 9.10. The minimum Gasteiger partial charge on any atom is -0.479 e. The van der Waals surface area contributed by atoms with Crippen LogP contribution >= 0.6 is 31.9 Å². The van der Waals surface area contributed by atoms with Crippen molar-refractivity contribution in [3.8, 4) is 0 Å². The molecule has 2 aromatic carbocycles. The monoisotopic (exact) mass is 1040 g/mol. The summed E-state index contributed by atoms with van der Waals surface area (Å²) in [5, 5.41) is 35.0. The van der Waals surface area contributed by atoms with Crippen LogP contribution < -0.4 is 0 Å². The SMILES string of the molecule is CCN(CC)C(=O)[C@@H]1C=C2c3cccc4[nH]c(Br)c(c34)C[C@H]2N(CCCF)C1.CCN(CC)C(=O)[C@@H]1C=C2c3cccc4[nH]c(Br)c(c34)C[C@H]2N(CCCF)C1.O=C(O)C(O)C(O)C(=O)O. The predicted octanol–water partition coefficient (Wildman–Crippen LogP) is 6.67. The second-order valence-electron chi connectivity index (χ2n) is 16.9. The summed E-state index contributed by atoms with van der Waals surface area (Å²) in [6.07, 6.45) is 2.60. The number of aromatic amines is 2. The van der Waals surface area contributed by atoms with Gasteiger partial charge in [-0.3, -0.25) is 28.2 Å². The van der Waals surface area contributed by atoms with E-state index in [-0.39, 0.29) is 49.1 Å². The predicted molar refractivity (Wildman–Crippen MR) is 257 cm³/mol. The molecule has 2 amide bonds. The highest BCUT2D eigenvalue weighted by atomic mass is 79.9. The van der Waals surface area contributed by atoms with Gasteiger partial charge in [0, 0.05) is 86.2 Å². The second-order valence-corrected chi connectivity index (χ2v) is 18.4. The Hall–Kier alpha value is -4.46. The summed E-state index contributed by atoms with van der Waals surface area (Å²) in [6.45, 7) is 13.0. The Kier molecular flexibility index (Phi) is 17.4. The molecule has 6 atom stereocenters. The average molecular weight is 1050 g/mol. The smallest absolute Gasteiger partial charge is 0.335 e. The van der Waals surface area contributed by atoms with E-state index in [9.17, 15) is 28.0 Å². The molecule has 0 saturated heterocycles. The Balaban J connectivity index is 0.000000182. The number of aliphatic hydroxyl groups excluding tert-OH is 2. The average Bonchev–Trinajstić information content (AvgIpc) is 3.82. The minimum absolute atomic E-state index is 0.175. The molecule has 0 saturated carbocycles. The van der Waals surface area contributed by atoms with Gasteiger partial charge in [0.15, 0.2) is 12.2 Å². The standard InChI is InChI=1S/2C22H27BrFN3O.C4H6O6/c2*1-3-26(4-2)22(28)14-11-16-15-7-5-8-18-20(15)17(21(23)25-18)12-19(16)27(13-14)10-6-9-24;5-1(3(7)8)2(6)4(9)10/h2*5,7-8,11,14,19,25H,3-4,6,9-10,12-13H2,1-2H3;1-2,5-6H,(H,7,8)(H,9,10)/t2*14-,19-;/m11./s1. The van der Waals surface area contributed by atoms with Crippen molar-refractivity contribution in [1.29, 1.82) is 0 Å². The van der Waals surface area contributed by atoms with Crippen LogP contribution in [-0.4, -0.2) is 164 Å². The number of carboxylic acid groups (broad SMARTS) is 2. The second kappa shape index (κ2) is 22.6. The number of carbonyl (C=O) groups is 4. The zero-order valence-electron chi connectivity index (χ0n) is 37.7. The zero-order chi connectivity index (χ0) is 48.0. The highest BCUT2D eigenvalue weighted by Crippen LogP contribution is 2.45. The number of rotatable bonds is 15. The molecule has 66 heavy (non-hydrogen) atoms. The van der Waals surface area contributed by atoms with Gasteiger partial charge < -0.3 is 40.2 Å². The molecule has 2 aromatic heterocycles. The fourth-order valence-electron chi connectivity index (χ4n) is 9.88. The van der Waals surface area contributed by atoms with Crippen LogP contribution in [0.15, 0.2) is 57.8 Å². The Bertz CT molecular complexity index is 2300. The number of amides is 2. The number of carbonyl (C=O) groups excluding carboxylic acids is 2. The first kappa shape index (κ1) is 50.9. The zero-order valence-corrected chi connectivity index (χ0v) is 40.9. The summed E-state index contributed by atoms with van der Waals surface area (Å²) >= 11 is 7.37. The molecule has 18 heteroatoms. The first-order valence-electron chi connectivity index (χ1n) is 22.7. The molecule has 6 N–H and O–H groups in total. The van der Waals surface area contributed by atoms with Gasteiger partial charge in [0.25, 0.3) is 0 Å². The van der Waals surface area contributed by atoms with Crippen LogP contribution in [0.4, 0.5) is 8.78 Å². The molecule has 0 bridgehead atoms. The quantitative estimate of drug-likeness (QED) is 0.0749. The summed E-state index contributed by atoms with van der Waals surface area (Å²) in [4.78, 5) is 61.1. The molecule has 4 aromatic rings. The third kappa shape index (κ3) is 10.5. The molecule has 2 aliphatic carbocycles. The van der Waals surface area contributed by atoms with Crippen molar-refractivity contribution < 1.29 is 48.4 Å². The van der Waals surface area contributed by atoms with E-state index in [4.69, 9.17) is 20.4 Å². The number of halogens is 4. The number of carboxylic acids is 2. The van der Waals surface area contributed by atoms with E-state index in [2.05, 4.69) is 100 Å². The van der Waals surface area contributed by atoms with Gasteiger partial charge in [0.05, 0.1) is 34.4 Å². The number of aliphatic hydroxyl groups is 2. The van der Waals surface area contributed by atoms with Crippen molar-refractivity contribution in [2.75, 3.05) is 65.7 Å². The van der Waals surface area contributed by atoms with E-state index >= 15 is 0 Å². The molecule has 0 spiro atoms. The van der Waals surface area contributed by atoms with Gasteiger partial charge >= 0.3 is 11.9 Å². The first-order chi connectivity index (χ1) is 31.6. The molecule has 0 radical (unpaired) electrons. The van der Waals surface area contributed by atoms with Crippen molar-refractivity contribution in [3.63, 3.8) is 0 Å². The molecule has 4 heterocycles. The number of alkyl halides is 2. The Labute approximate surface area is 399 Å². The molecule has 358 valence electrons. The molecule has 0 fully saturated rings. The van der Waals surface area contributed by atoms with Gasteiger partial charge in [-0.25, -0.2) is 9.59 Å². The minimum atomic E-state index is -2.27. The van der Waals surface area contributed by atoms with E-state index in [0.29, 0.717) is 65.2 Å². The number of benzene rings is 2. The molecule has 4 aliphatic rings. The molecule has 8 rings (SSSR count). The maximum Gasteiger partial charge on any atom is 0.335 e. The number of nitrogens with zero attached hydrogens (tertiary/aromatic N) is 4. The van der Waals surface area contributed by atoms with E-state index in [1.807, 2.05) is 37.5 Å². The lowest BCUT2D eigenvalue weighted by Crippen LogP contribution is -2.49. The summed E-state index contributed by atoms with van der Waals surface area (Å²) in [5.41, 5.74) is 9.65. The molecular weight excluding hydrogens is 986 g/mol. The van der Waals surface area contributed by atoms with Gasteiger partial charge in [0.2, 0.25) is 11.8 Å². The van der Waals surface area contributed by atoms with Crippen molar-refractivity contribution in [2.45, 2.75) is 77.7 Å². The number of aliphatic carboxylic acids is 2. The molecule has 2 unspecified atom stereocenters. The molecular formula is C48H60Br2F2N6O8. The summed E-state index contributed by atoms with van der Waals surface area (Å²) in [6, 6.07) is 13.0. The number of hydrogen-bond acceptors (Lipinski definition) is 8. The van der Waals surface area contributed by atoms with Crippen LogP contribution in [0.5, 0.6) is 0 Å². The molecule has 2 aliphatic heterocycles. The molecule has 14 nitrogen and oxygen atoms in total. The van der Waals surface area contributed by atoms with Crippen molar-refractivity contribution in [1.82, 2.24) is 29.6 Å². The number of hydrogen-bond donors (Lipinski definition) is 6. The lowest BCUT2D eigenvalue weighted by Gasteiger charge is -2.42. The van der Waals surface area contributed by atoms with Gasteiger partial charge in [-0.15, -0.1) is 0 Å². The van der Waals surface area contributed by atoms with Crippen LogP contribution in [0.3, 0.4) is 0 Å². The maximum absolute atomic E-state index is 13.1. The lowest BCUT2D eigenvalue weighted by molar-refractivity contribution is -0.165. The van der Waals surface area contributed by atoms with Crippen LogP contribution in [0.25, 0.3) is 33.0 Å². The van der Waals surface area contributed by atoms with E-state index in [1.165, 1.54) is 44.2 Å². The van der Waals surface area contributed by atoms with Crippen LogP contribution in [0.1, 0.15) is 62.8 Å².